The van der Waals surface area contributed by atoms with Crippen molar-refractivity contribution in [2.75, 3.05) is 5.32 Å². The summed E-state index contributed by atoms with van der Waals surface area (Å²) < 4.78 is 21.1. The van der Waals surface area contributed by atoms with Crippen LogP contribution in [-0.4, -0.2) is 24.5 Å². The quantitative estimate of drug-likeness (QED) is 0.806. The Bertz CT molecular complexity index is 668. The number of nitrogens with one attached hydrogen (secondary N) is 1. The van der Waals surface area contributed by atoms with Crippen molar-refractivity contribution in [2.24, 2.45) is 5.14 Å². The van der Waals surface area contributed by atoms with Crippen LogP contribution in [0.2, 0.25) is 0 Å². The van der Waals surface area contributed by atoms with Crippen molar-refractivity contribution >= 4 is 32.4 Å². The number of anilines is 1. The van der Waals surface area contributed by atoms with Gasteiger partial charge in [0.25, 0.3) is 10.0 Å². The Morgan fingerprint density at radius 3 is 2.20 bits per heavy atom. The van der Waals surface area contributed by atoms with Gasteiger partial charge in [0.2, 0.25) is 15.4 Å². The smallest absolute Gasteiger partial charge is 0.267 e. The van der Waals surface area contributed by atoms with Crippen molar-refractivity contribution in [3.63, 3.8) is 0 Å². The second kappa shape index (κ2) is 7.08. The zero-order chi connectivity index (χ0) is 15.2. The second-order valence-corrected chi connectivity index (χ2v) is 6.47. The van der Waals surface area contributed by atoms with Gasteiger partial charge in [-0.2, -0.15) is 0 Å². The van der Waals surface area contributed by atoms with Gasteiger partial charge in [0.05, 0.1) is 0 Å². The van der Waals surface area contributed by atoms with E-state index in [-0.39, 0.29) is 15.4 Å². The normalized spacial score (nSPS) is 10.3. The highest BCUT2D eigenvalue weighted by molar-refractivity contribution is 7.91. The fourth-order valence-electron chi connectivity index (χ4n) is 1.06. The van der Waals surface area contributed by atoms with Crippen LogP contribution in [0.4, 0.5) is 5.13 Å². The average Bonchev–Trinajstić information content (AvgIpc) is 2.78. The Hall–Kier alpha value is -1.84. The Morgan fingerprint density at radius 1 is 1.25 bits per heavy atom. The maximum Gasteiger partial charge on any atom is 0.267 e. The zero-order valence-electron chi connectivity index (χ0n) is 10.9. The van der Waals surface area contributed by atoms with E-state index in [0.717, 1.165) is 0 Å². The van der Waals surface area contributed by atoms with Gasteiger partial charge in [-0.3, -0.25) is 4.79 Å². The van der Waals surface area contributed by atoms with Crippen LogP contribution < -0.4 is 10.5 Å². The van der Waals surface area contributed by atoms with E-state index in [2.05, 4.69) is 34.6 Å². The second-order valence-electron chi connectivity index (χ2n) is 3.75. The number of aryl methyl sites for hydroxylation is 1. The van der Waals surface area contributed by atoms with E-state index in [1.54, 1.807) is 0 Å². The Labute approximate surface area is 120 Å². The van der Waals surface area contributed by atoms with Gasteiger partial charge in [-0.25, -0.2) is 13.6 Å². The molecule has 0 atom stereocenters. The molecule has 0 saturated carbocycles. The van der Waals surface area contributed by atoms with Crippen molar-refractivity contribution < 1.29 is 13.2 Å². The molecule has 1 amide bonds. The number of nitrogens with two attached hydrogens (primary N) is 1. The maximum absolute atomic E-state index is 10.7. The zero-order valence-corrected chi connectivity index (χ0v) is 12.5. The summed E-state index contributed by atoms with van der Waals surface area (Å²) in [5.41, 5.74) is 1.32. The number of aromatic nitrogens is 2. The molecule has 0 radical (unpaired) electrons. The first-order valence-electron chi connectivity index (χ1n) is 5.44. The molecule has 108 valence electrons. The third-order valence-corrected chi connectivity index (χ3v) is 4.02. The fourth-order valence-corrected chi connectivity index (χ4v) is 2.44. The molecule has 20 heavy (non-hydrogen) atoms. The summed E-state index contributed by atoms with van der Waals surface area (Å²) in [6.45, 7) is 3.36. The summed E-state index contributed by atoms with van der Waals surface area (Å²) in [7, 11) is -3.82. The van der Waals surface area contributed by atoms with Crippen LogP contribution in [0.3, 0.4) is 0 Å². The summed E-state index contributed by atoms with van der Waals surface area (Å²) in [4.78, 5) is 10.5. The SMILES string of the molecule is CC(=O)Nc1nnc(S(N)(=O)=O)s1.Cc1ccccc1. The van der Waals surface area contributed by atoms with Crippen molar-refractivity contribution in [1.29, 1.82) is 0 Å². The van der Waals surface area contributed by atoms with Crippen LogP contribution in [0, 0.1) is 6.92 Å². The minimum absolute atomic E-state index is 0.108. The molecule has 0 saturated heterocycles. The highest BCUT2D eigenvalue weighted by Gasteiger charge is 2.15. The Balaban J connectivity index is 0.000000240. The number of hydrogen-bond donors (Lipinski definition) is 2. The molecule has 0 aliphatic heterocycles. The summed E-state index contributed by atoms with van der Waals surface area (Å²) in [5.74, 6) is -0.350. The van der Waals surface area contributed by atoms with E-state index in [1.807, 2.05) is 18.2 Å². The molecule has 9 heteroatoms. The summed E-state index contributed by atoms with van der Waals surface area (Å²) in [6, 6.07) is 10.3. The molecule has 0 aliphatic rings. The van der Waals surface area contributed by atoms with Crippen LogP contribution in [0.25, 0.3) is 0 Å². The average molecular weight is 314 g/mol. The molecule has 1 aromatic heterocycles. The fraction of sp³-hybridized carbons (Fsp3) is 0.182. The number of sulfonamides is 1. The highest BCUT2D eigenvalue weighted by Crippen LogP contribution is 2.17. The van der Waals surface area contributed by atoms with Gasteiger partial charge >= 0.3 is 0 Å². The number of benzene rings is 1. The molecule has 2 aromatic rings. The van der Waals surface area contributed by atoms with Crippen molar-refractivity contribution in [1.82, 2.24) is 10.2 Å². The van der Waals surface area contributed by atoms with Crippen LogP contribution in [-0.2, 0) is 14.8 Å². The van der Waals surface area contributed by atoms with E-state index < -0.39 is 10.0 Å². The molecule has 3 N–H and O–H groups in total. The first-order chi connectivity index (χ1) is 9.29. The van der Waals surface area contributed by atoms with E-state index in [4.69, 9.17) is 5.14 Å². The lowest BCUT2D eigenvalue weighted by molar-refractivity contribution is -0.114. The Morgan fingerprint density at radius 2 is 1.85 bits per heavy atom. The number of rotatable bonds is 2. The van der Waals surface area contributed by atoms with Crippen LogP contribution in [0.15, 0.2) is 34.7 Å². The van der Waals surface area contributed by atoms with Gasteiger partial charge in [0, 0.05) is 6.92 Å². The van der Waals surface area contributed by atoms with Gasteiger partial charge in [-0.1, -0.05) is 47.2 Å². The number of hydrogen-bond acceptors (Lipinski definition) is 6. The third kappa shape index (κ3) is 5.87. The predicted octanol–water partition coefficient (Wildman–Crippen LogP) is 1.14. The van der Waals surface area contributed by atoms with Gasteiger partial charge in [-0.15, -0.1) is 10.2 Å². The monoisotopic (exact) mass is 314 g/mol. The lowest BCUT2D eigenvalue weighted by Gasteiger charge is -1.90. The van der Waals surface area contributed by atoms with E-state index in [0.29, 0.717) is 11.3 Å². The van der Waals surface area contributed by atoms with E-state index in [9.17, 15) is 13.2 Å². The van der Waals surface area contributed by atoms with Gasteiger partial charge in [0.15, 0.2) is 0 Å². The first kappa shape index (κ1) is 16.2. The van der Waals surface area contributed by atoms with Crippen LogP contribution in [0.1, 0.15) is 12.5 Å². The van der Waals surface area contributed by atoms with E-state index >= 15 is 0 Å². The summed E-state index contributed by atoms with van der Waals surface area (Å²) in [5, 5.41) is 13.8. The van der Waals surface area contributed by atoms with Crippen molar-refractivity contribution in [2.45, 2.75) is 18.2 Å². The van der Waals surface area contributed by atoms with Crippen molar-refractivity contribution in [3.8, 4) is 0 Å². The molecule has 1 heterocycles. The first-order valence-corrected chi connectivity index (χ1v) is 7.81. The minimum Gasteiger partial charge on any atom is -0.301 e. The summed E-state index contributed by atoms with van der Waals surface area (Å²) >= 11 is 0.701. The Kier molecular flexibility index (Phi) is 5.74. The number of primary sulfonamides is 1. The molecule has 0 unspecified atom stereocenters. The summed E-state index contributed by atoms with van der Waals surface area (Å²) in [6.07, 6.45) is 0. The molecule has 1 aromatic carbocycles. The van der Waals surface area contributed by atoms with Gasteiger partial charge in [-0.05, 0) is 6.92 Å². The molecule has 0 bridgehead atoms. The standard InChI is InChI=1S/C7H8.C4H6N4O3S2/c1-7-5-3-2-4-6-7;1-2(9)6-3-7-8-4(12-3)13(5,10)11/h2-6H,1H3;1H3,(H2,5,10,11)(H,6,7,9). The number of carbonyl (C=O) groups excluding carboxylic acids is 1. The number of carbonyl (C=O) groups is 1. The molecule has 0 fully saturated rings. The van der Waals surface area contributed by atoms with Crippen LogP contribution >= 0.6 is 11.3 Å². The van der Waals surface area contributed by atoms with Gasteiger partial charge in [0.1, 0.15) is 0 Å². The highest BCUT2D eigenvalue weighted by atomic mass is 32.2. The number of nitrogens with zero attached hydrogens (tertiary/aromatic N) is 2. The van der Waals surface area contributed by atoms with Crippen molar-refractivity contribution in [3.05, 3.63) is 35.9 Å². The lowest BCUT2D eigenvalue weighted by Crippen LogP contribution is -2.11. The largest absolute Gasteiger partial charge is 0.301 e. The molecule has 0 spiro atoms. The van der Waals surface area contributed by atoms with Crippen LogP contribution in [0.5, 0.6) is 0 Å². The maximum atomic E-state index is 10.7. The predicted molar refractivity (Wildman–Crippen MR) is 76.8 cm³/mol. The number of amides is 1. The van der Waals surface area contributed by atoms with E-state index in [1.165, 1.54) is 12.5 Å². The van der Waals surface area contributed by atoms with Gasteiger partial charge < -0.3 is 5.32 Å². The lowest BCUT2D eigenvalue weighted by atomic mass is 10.2. The molecule has 7 nitrogen and oxygen atoms in total. The topological polar surface area (TPSA) is 115 Å². The molecular formula is C11H14N4O3S2. The molecule has 0 aliphatic carbocycles. The molecular weight excluding hydrogens is 300 g/mol. The minimum atomic E-state index is -3.82. The molecule has 2 rings (SSSR count). The third-order valence-electron chi connectivity index (χ3n) is 1.87.